The Hall–Kier alpha value is -1.94. The Bertz CT molecular complexity index is 1600. The number of fused-ring (bicyclic) bond motifs is 3. The summed E-state index contributed by atoms with van der Waals surface area (Å²) in [7, 11) is -8.65. The number of thioether (sulfide) groups is 1. The van der Waals surface area contributed by atoms with Gasteiger partial charge in [-0.2, -0.15) is 21.4 Å². The number of aromatic nitrogens is 1. The van der Waals surface area contributed by atoms with Crippen LogP contribution in [0.25, 0.3) is 16.3 Å². The molecule has 2 aliphatic heterocycles. The van der Waals surface area contributed by atoms with Crippen molar-refractivity contribution in [3.63, 3.8) is 0 Å². The summed E-state index contributed by atoms with van der Waals surface area (Å²) in [5.41, 5.74) is 0.963. The number of thiazole rings is 1. The zero-order valence-electron chi connectivity index (χ0n) is 18.0. The first-order valence-electron chi connectivity index (χ1n) is 10.5. The van der Waals surface area contributed by atoms with Crippen LogP contribution in [0.1, 0.15) is 17.8 Å². The molecule has 186 valence electrons. The lowest BCUT2D eigenvalue weighted by atomic mass is 10.1. The Balaban J connectivity index is 1.66. The summed E-state index contributed by atoms with van der Waals surface area (Å²) < 4.78 is 96.3. The Morgan fingerprint density at radius 1 is 1.09 bits per heavy atom. The fraction of sp³-hybridized carbons (Fsp3) is 0.286. The van der Waals surface area contributed by atoms with E-state index in [2.05, 4.69) is 0 Å². The first kappa shape index (κ1) is 24.7. The first-order chi connectivity index (χ1) is 16.4. The Morgan fingerprint density at radius 2 is 1.80 bits per heavy atom. The molecule has 0 saturated carbocycles. The van der Waals surface area contributed by atoms with Gasteiger partial charge in [0.15, 0.2) is 17.3 Å². The SMILES string of the molecule is O=S(=O)(O)CCC[n+]1c(C=C2Sc3ccc(F)cc3[N+]23CCC3S(=O)(=O)O)sc2ccc(F)cc21. The van der Waals surface area contributed by atoms with Gasteiger partial charge in [0.2, 0.25) is 10.9 Å². The molecule has 0 radical (unpaired) electrons. The summed E-state index contributed by atoms with van der Waals surface area (Å²) >= 11 is 2.57. The van der Waals surface area contributed by atoms with E-state index in [0.29, 0.717) is 32.7 Å². The molecule has 1 fully saturated rings. The van der Waals surface area contributed by atoms with Crippen molar-refractivity contribution in [1.29, 1.82) is 0 Å². The summed E-state index contributed by atoms with van der Waals surface area (Å²) in [6, 6.07) is 8.35. The maximum Gasteiger partial charge on any atom is 0.320 e. The topological polar surface area (TPSA) is 113 Å². The van der Waals surface area contributed by atoms with Crippen molar-refractivity contribution >= 4 is 65.3 Å². The molecule has 2 aromatic carbocycles. The molecule has 2 aliphatic rings. The molecule has 2 N–H and O–H groups in total. The van der Waals surface area contributed by atoms with Gasteiger partial charge in [-0.05, 0) is 36.0 Å². The largest absolute Gasteiger partial charge is 0.320 e. The minimum absolute atomic E-state index is 0.0637. The smallest absolute Gasteiger partial charge is 0.286 e. The summed E-state index contributed by atoms with van der Waals surface area (Å²) in [6.07, 6.45) is 1.99. The third-order valence-corrected chi connectivity index (χ3v) is 10.7. The number of hydrogen-bond acceptors (Lipinski definition) is 6. The van der Waals surface area contributed by atoms with Gasteiger partial charge in [-0.25, -0.2) is 13.3 Å². The van der Waals surface area contributed by atoms with Crippen molar-refractivity contribution in [2.75, 3.05) is 12.3 Å². The second-order valence-corrected chi connectivity index (χ2v) is 13.7. The van der Waals surface area contributed by atoms with Gasteiger partial charge in [0.1, 0.15) is 16.3 Å². The van der Waals surface area contributed by atoms with E-state index in [4.69, 9.17) is 4.55 Å². The van der Waals surface area contributed by atoms with Crippen LogP contribution in [-0.4, -0.2) is 43.6 Å². The van der Waals surface area contributed by atoms with E-state index in [0.717, 1.165) is 4.70 Å². The second kappa shape index (κ2) is 8.57. The number of rotatable bonds is 6. The maximum atomic E-state index is 14.2. The summed E-state index contributed by atoms with van der Waals surface area (Å²) in [4.78, 5) is 0.663. The third-order valence-electron chi connectivity index (χ3n) is 6.25. The molecule has 8 nitrogen and oxygen atoms in total. The first-order valence-corrected chi connectivity index (χ1v) is 15.2. The Kier molecular flexibility index (Phi) is 6.06. The molecule has 2 atom stereocenters. The highest BCUT2D eigenvalue weighted by molar-refractivity contribution is 8.03. The molecule has 35 heavy (non-hydrogen) atoms. The summed E-state index contributed by atoms with van der Waals surface area (Å²) in [5.74, 6) is -1.48. The van der Waals surface area contributed by atoms with E-state index >= 15 is 0 Å². The minimum atomic E-state index is -4.46. The van der Waals surface area contributed by atoms with Crippen LogP contribution < -0.4 is 9.05 Å². The zero-order chi connectivity index (χ0) is 25.2. The van der Waals surface area contributed by atoms with E-state index in [1.54, 1.807) is 22.8 Å². The summed E-state index contributed by atoms with van der Waals surface area (Å²) in [5, 5.41) is -0.0469. The number of halogens is 2. The van der Waals surface area contributed by atoms with Crippen molar-refractivity contribution in [2.45, 2.75) is 29.7 Å². The van der Waals surface area contributed by atoms with Crippen LogP contribution in [0.15, 0.2) is 46.3 Å². The van der Waals surface area contributed by atoms with Gasteiger partial charge in [0, 0.05) is 18.6 Å². The quantitative estimate of drug-likeness (QED) is 0.267. The molecular weight excluding hydrogens is 543 g/mol. The number of benzene rings is 2. The highest BCUT2D eigenvalue weighted by Crippen LogP contribution is 2.58. The minimum Gasteiger partial charge on any atom is -0.286 e. The van der Waals surface area contributed by atoms with Crippen LogP contribution >= 0.6 is 23.1 Å². The van der Waals surface area contributed by atoms with Crippen LogP contribution in [0.2, 0.25) is 0 Å². The lowest BCUT2D eigenvalue weighted by molar-refractivity contribution is -0.668. The van der Waals surface area contributed by atoms with Crippen LogP contribution in [0.4, 0.5) is 14.5 Å². The van der Waals surface area contributed by atoms with E-state index in [-0.39, 0.29) is 23.9 Å². The van der Waals surface area contributed by atoms with E-state index < -0.39 is 43.0 Å². The Labute approximate surface area is 208 Å². The van der Waals surface area contributed by atoms with Gasteiger partial charge in [-0.3, -0.25) is 9.11 Å². The lowest BCUT2D eigenvalue weighted by Gasteiger charge is -2.46. The fourth-order valence-electron chi connectivity index (χ4n) is 4.67. The van der Waals surface area contributed by atoms with Gasteiger partial charge in [-0.15, -0.1) is 0 Å². The van der Waals surface area contributed by atoms with Crippen LogP contribution in [0.3, 0.4) is 0 Å². The molecule has 14 heteroatoms. The fourth-order valence-corrected chi connectivity index (χ4v) is 8.94. The van der Waals surface area contributed by atoms with E-state index in [9.17, 15) is 30.2 Å². The van der Waals surface area contributed by atoms with Crippen molar-refractivity contribution in [2.24, 2.45) is 0 Å². The van der Waals surface area contributed by atoms with Gasteiger partial charge in [0.25, 0.3) is 15.1 Å². The molecule has 5 rings (SSSR count). The Morgan fingerprint density at radius 3 is 2.46 bits per heavy atom. The van der Waals surface area contributed by atoms with E-state index in [1.807, 2.05) is 0 Å². The predicted molar refractivity (Wildman–Crippen MR) is 130 cm³/mol. The highest BCUT2D eigenvalue weighted by Gasteiger charge is 2.62. The molecule has 3 aromatic rings. The van der Waals surface area contributed by atoms with Crippen molar-refractivity contribution in [3.8, 4) is 0 Å². The monoisotopic (exact) mass is 562 g/mol. The number of hydrogen-bond donors (Lipinski definition) is 2. The molecule has 0 bridgehead atoms. The molecule has 1 aromatic heterocycles. The average molecular weight is 563 g/mol. The average Bonchev–Trinajstić information content (AvgIpc) is 3.21. The molecule has 3 heterocycles. The van der Waals surface area contributed by atoms with Crippen molar-refractivity contribution in [3.05, 3.63) is 58.1 Å². The molecule has 0 aliphatic carbocycles. The highest BCUT2D eigenvalue weighted by atomic mass is 32.2. The lowest BCUT2D eigenvalue weighted by Crippen LogP contribution is -2.66. The molecule has 0 amide bonds. The van der Waals surface area contributed by atoms with E-state index in [1.165, 1.54) is 47.4 Å². The third kappa shape index (κ3) is 4.41. The van der Waals surface area contributed by atoms with Crippen LogP contribution in [-0.2, 0) is 26.8 Å². The summed E-state index contributed by atoms with van der Waals surface area (Å²) in [6.45, 7) is 0.484. The van der Waals surface area contributed by atoms with Crippen LogP contribution in [0, 0.1) is 11.6 Å². The molecule has 2 unspecified atom stereocenters. The molecule has 1 spiro atoms. The standard InChI is InChI=1S/C21H18F2N2O6S4/c22-13-2-4-17-15(10-13)24(7-1-9-34(26,27)28)19(32-17)12-20-25(8-6-21(25)35(29,30)31)16-11-14(23)3-5-18(16)33-20/h2-5,10-12,21H,1,6-9H2/p+2. The van der Waals surface area contributed by atoms with Gasteiger partial charge >= 0.3 is 10.1 Å². The zero-order valence-corrected chi connectivity index (χ0v) is 21.2. The number of quaternary nitrogens is 1. The van der Waals surface area contributed by atoms with Gasteiger partial charge < -0.3 is 0 Å². The molecular formula is C21H20F2N2O6S4+2. The van der Waals surface area contributed by atoms with Crippen LogP contribution in [0.5, 0.6) is 0 Å². The van der Waals surface area contributed by atoms with Crippen molar-refractivity contribution in [1.82, 2.24) is 4.48 Å². The van der Waals surface area contributed by atoms with Gasteiger partial charge in [-0.1, -0.05) is 11.3 Å². The second-order valence-electron chi connectivity index (χ2n) is 8.39. The van der Waals surface area contributed by atoms with Gasteiger partial charge in [0.05, 0.1) is 29.7 Å². The predicted octanol–water partition coefficient (Wildman–Crippen LogP) is 3.77. The maximum absolute atomic E-state index is 14.2. The van der Waals surface area contributed by atoms with Crippen molar-refractivity contribution < 1.29 is 39.3 Å². The number of aryl methyl sites for hydroxylation is 1. The normalized spacial score (nSPS) is 23.2. The number of nitrogens with zero attached hydrogens (tertiary/aromatic N) is 2. The molecule has 1 saturated heterocycles.